The fraction of sp³-hybridized carbons (Fsp3) is 0.238. The van der Waals surface area contributed by atoms with Crippen molar-refractivity contribution < 1.29 is 0 Å². The average molecular weight is 828 g/mol. The number of aryl methyl sites for hydroxylation is 2. The molecule has 0 aromatic heterocycles. The molecule has 0 atom stereocenters. The van der Waals surface area contributed by atoms with Crippen molar-refractivity contribution in [2.45, 2.75) is 77.0 Å². The van der Waals surface area contributed by atoms with Crippen LogP contribution in [0.3, 0.4) is 0 Å². The second-order valence-electron chi connectivity index (χ2n) is 20.5. The fourth-order valence-corrected chi connectivity index (χ4v) is 13.3. The minimum absolute atomic E-state index is 0.164. The topological polar surface area (TPSA) is 3.24 Å². The van der Waals surface area contributed by atoms with Crippen LogP contribution in [0.15, 0.2) is 182 Å². The molecule has 13 rings (SSSR count). The number of nitrogens with zero attached hydrogens (tertiary/aromatic N) is 1. The highest BCUT2D eigenvalue weighted by Gasteiger charge is 2.51. The van der Waals surface area contributed by atoms with Gasteiger partial charge in [0.1, 0.15) is 0 Å². The molecule has 1 nitrogen and oxygen atoms in total. The monoisotopic (exact) mass is 827 g/mol. The quantitative estimate of drug-likeness (QED) is 0.147. The Bertz CT molecular complexity index is 2970. The van der Waals surface area contributed by atoms with Crippen LogP contribution in [-0.2, 0) is 10.8 Å². The highest BCUT2D eigenvalue weighted by atomic mass is 15.1. The van der Waals surface area contributed by atoms with Crippen LogP contribution in [0.4, 0.5) is 17.1 Å². The van der Waals surface area contributed by atoms with Gasteiger partial charge in [-0.15, -0.1) is 0 Å². The third kappa shape index (κ3) is 6.58. The van der Waals surface area contributed by atoms with Gasteiger partial charge in [-0.05, 0) is 201 Å². The number of fused-ring (bicyclic) bond motifs is 3. The van der Waals surface area contributed by atoms with Gasteiger partial charge < -0.3 is 4.90 Å². The van der Waals surface area contributed by atoms with Crippen molar-refractivity contribution in [1.29, 1.82) is 0 Å². The zero-order valence-corrected chi connectivity index (χ0v) is 37.7. The molecule has 0 radical (unpaired) electrons. The van der Waals surface area contributed by atoms with Crippen molar-refractivity contribution >= 4 is 17.1 Å². The SMILES string of the molecule is Cc1cc(-c2ccc(C34CC5CC(CC(C5)C3)C4)cc2)cc(C)c1N(c1ccc(-c2ccc(-c3ccccc3)cc2)cc1)c1ccc2c(c1)C(C)(C)c1cc(-c3ccccc3)ccc1-2. The molecule has 0 amide bonds. The molecule has 64 heavy (non-hydrogen) atoms. The van der Waals surface area contributed by atoms with Crippen LogP contribution < -0.4 is 4.90 Å². The molecule has 314 valence electrons. The molecule has 0 unspecified atom stereocenters. The van der Waals surface area contributed by atoms with Gasteiger partial charge in [0.25, 0.3) is 0 Å². The van der Waals surface area contributed by atoms with Crippen LogP contribution in [0.5, 0.6) is 0 Å². The van der Waals surface area contributed by atoms with Gasteiger partial charge in [0.15, 0.2) is 0 Å². The minimum atomic E-state index is -0.164. The largest absolute Gasteiger partial charge is 0.310 e. The lowest BCUT2D eigenvalue weighted by molar-refractivity contribution is -0.00518. The van der Waals surface area contributed by atoms with E-state index in [-0.39, 0.29) is 5.41 Å². The lowest BCUT2D eigenvalue weighted by atomic mass is 9.48. The normalized spacial score (nSPS) is 21.1. The van der Waals surface area contributed by atoms with Crippen LogP contribution in [-0.4, -0.2) is 0 Å². The van der Waals surface area contributed by atoms with E-state index in [0.29, 0.717) is 5.41 Å². The summed E-state index contributed by atoms with van der Waals surface area (Å²) in [5, 5.41) is 0. The second kappa shape index (κ2) is 15.1. The van der Waals surface area contributed by atoms with Crippen molar-refractivity contribution in [3.63, 3.8) is 0 Å². The minimum Gasteiger partial charge on any atom is -0.310 e. The maximum atomic E-state index is 2.52. The van der Waals surface area contributed by atoms with Crippen molar-refractivity contribution in [3.8, 4) is 55.6 Å². The lowest BCUT2D eigenvalue weighted by Crippen LogP contribution is -2.48. The Hall–Kier alpha value is -6.44. The molecule has 4 fully saturated rings. The maximum Gasteiger partial charge on any atom is 0.0520 e. The standard InChI is InChI=1S/C63H57N/c1-41-31-53(51-19-24-54(25-20-51)63-38-43-33-44(39-63)35-45(34-43)40-63)32-42(2)61(41)64(55-26-21-50(22-27-55)49-17-15-48(16-18-49)46-11-7-5-8-12-46)56-28-30-58-57-29-23-52(47-13-9-6-10-14-47)36-59(57)62(3,4)60(58)37-56/h5-32,36-37,43-45H,33-35,38-40H2,1-4H3. The second-order valence-corrected chi connectivity index (χ2v) is 20.5. The molecule has 5 aliphatic carbocycles. The van der Waals surface area contributed by atoms with E-state index >= 15 is 0 Å². The Kier molecular flexibility index (Phi) is 9.24. The van der Waals surface area contributed by atoms with E-state index in [1.54, 1.807) is 5.56 Å². The van der Waals surface area contributed by atoms with Gasteiger partial charge in [0.05, 0.1) is 5.69 Å². The summed E-state index contributed by atoms with van der Waals surface area (Å²) in [4.78, 5) is 2.52. The summed E-state index contributed by atoms with van der Waals surface area (Å²) in [7, 11) is 0. The molecular weight excluding hydrogens is 771 g/mol. The van der Waals surface area contributed by atoms with Crippen LogP contribution in [0.25, 0.3) is 55.6 Å². The summed E-state index contributed by atoms with van der Waals surface area (Å²) in [6.07, 6.45) is 8.67. The molecule has 8 aromatic rings. The molecule has 0 aliphatic heterocycles. The zero-order chi connectivity index (χ0) is 43.2. The predicted molar refractivity (Wildman–Crippen MR) is 270 cm³/mol. The molecule has 0 N–H and O–H groups in total. The zero-order valence-electron chi connectivity index (χ0n) is 37.7. The summed E-state index contributed by atoms with van der Waals surface area (Å²) < 4.78 is 0. The van der Waals surface area contributed by atoms with Crippen molar-refractivity contribution in [3.05, 3.63) is 210 Å². The van der Waals surface area contributed by atoms with E-state index < -0.39 is 0 Å². The van der Waals surface area contributed by atoms with Gasteiger partial charge in [0, 0.05) is 16.8 Å². The van der Waals surface area contributed by atoms with Crippen LogP contribution in [0.2, 0.25) is 0 Å². The third-order valence-corrected chi connectivity index (χ3v) is 16.1. The van der Waals surface area contributed by atoms with Gasteiger partial charge >= 0.3 is 0 Å². The molecule has 1 heteroatoms. The molecule has 0 saturated heterocycles. The van der Waals surface area contributed by atoms with E-state index in [1.807, 2.05) is 0 Å². The van der Waals surface area contributed by atoms with E-state index in [1.165, 1.54) is 128 Å². The smallest absolute Gasteiger partial charge is 0.0520 e. The Morgan fingerprint density at radius 3 is 1.34 bits per heavy atom. The average Bonchev–Trinajstić information content (AvgIpc) is 3.55. The van der Waals surface area contributed by atoms with Crippen molar-refractivity contribution in [1.82, 2.24) is 0 Å². The number of rotatable bonds is 8. The molecule has 5 aliphatic rings. The lowest BCUT2D eigenvalue weighted by Gasteiger charge is -2.57. The van der Waals surface area contributed by atoms with Crippen molar-refractivity contribution in [2.75, 3.05) is 4.90 Å². The van der Waals surface area contributed by atoms with Gasteiger partial charge in [0.2, 0.25) is 0 Å². The number of hydrogen-bond donors (Lipinski definition) is 0. The summed E-state index contributed by atoms with van der Waals surface area (Å²) in [5.74, 6) is 2.86. The predicted octanol–water partition coefficient (Wildman–Crippen LogP) is 17.2. The Labute approximate surface area is 380 Å². The summed E-state index contributed by atoms with van der Waals surface area (Å²) >= 11 is 0. The van der Waals surface area contributed by atoms with Crippen LogP contribution >= 0.6 is 0 Å². The Morgan fingerprint density at radius 1 is 0.391 bits per heavy atom. The highest BCUT2D eigenvalue weighted by molar-refractivity contribution is 5.89. The molecule has 0 spiro atoms. The molecule has 0 heterocycles. The first kappa shape index (κ1) is 39.2. The van der Waals surface area contributed by atoms with Crippen LogP contribution in [0, 0.1) is 31.6 Å². The first-order valence-corrected chi connectivity index (χ1v) is 23.8. The van der Waals surface area contributed by atoms with Gasteiger partial charge in [-0.2, -0.15) is 0 Å². The van der Waals surface area contributed by atoms with Gasteiger partial charge in [-0.3, -0.25) is 0 Å². The number of hydrogen-bond acceptors (Lipinski definition) is 1. The Morgan fingerprint density at radius 2 is 0.797 bits per heavy atom. The third-order valence-electron chi connectivity index (χ3n) is 16.1. The van der Waals surface area contributed by atoms with E-state index in [2.05, 4.69) is 215 Å². The van der Waals surface area contributed by atoms with Crippen LogP contribution in [0.1, 0.15) is 80.2 Å². The molecule has 8 aromatic carbocycles. The maximum absolute atomic E-state index is 2.52. The first-order chi connectivity index (χ1) is 31.2. The fourth-order valence-electron chi connectivity index (χ4n) is 13.3. The van der Waals surface area contributed by atoms with Gasteiger partial charge in [-0.1, -0.05) is 153 Å². The number of benzene rings is 8. The van der Waals surface area contributed by atoms with E-state index in [4.69, 9.17) is 0 Å². The summed E-state index contributed by atoms with van der Waals surface area (Å²) in [6, 6.07) is 68.6. The molecule has 4 saturated carbocycles. The van der Waals surface area contributed by atoms with Crippen molar-refractivity contribution in [2.24, 2.45) is 17.8 Å². The van der Waals surface area contributed by atoms with Gasteiger partial charge in [-0.25, -0.2) is 0 Å². The van der Waals surface area contributed by atoms with E-state index in [9.17, 15) is 0 Å². The highest BCUT2D eigenvalue weighted by Crippen LogP contribution is 2.61. The Balaban J connectivity index is 0.917. The molecular formula is C63H57N. The number of anilines is 3. The van der Waals surface area contributed by atoms with E-state index in [0.717, 1.165) is 23.4 Å². The first-order valence-electron chi connectivity index (χ1n) is 23.8. The molecule has 4 bridgehead atoms. The summed E-state index contributed by atoms with van der Waals surface area (Å²) in [6.45, 7) is 9.42. The summed E-state index contributed by atoms with van der Waals surface area (Å²) in [5.41, 5.74) is 23.5.